The fraction of sp³-hybridized carbons (Fsp3) is 0.286. The maximum absolute atomic E-state index is 8.84. The fourth-order valence-corrected chi connectivity index (χ4v) is 0.736. The van der Waals surface area contributed by atoms with Crippen molar-refractivity contribution in [3.8, 4) is 11.8 Å². The zero-order chi connectivity index (χ0) is 8.27. The van der Waals surface area contributed by atoms with E-state index >= 15 is 0 Å². The van der Waals surface area contributed by atoms with Crippen LogP contribution in [0, 0.1) is 11.3 Å². The first kappa shape index (κ1) is 7.63. The van der Waals surface area contributed by atoms with Crippen LogP contribution in [0.1, 0.15) is 18.2 Å². The summed E-state index contributed by atoms with van der Waals surface area (Å²) in [4.78, 5) is 0. The summed E-state index contributed by atoms with van der Waals surface area (Å²) >= 11 is 0. The van der Waals surface area contributed by atoms with Gasteiger partial charge in [-0.25, -0.2) is 0 Å². The van der Waals surface area contributed by atoms with E-state index in [9.17, 15) is 0 Å². The van der Waals surface area contributed by atoms with Gasteiger partial charge >= 0.3 is 0 Å². The van der Waals surface area contributed by atoms with Crippen LogP contribution in [-0.2, 0) is 0 Å². The summed E-state index contributed by atoms with van der Waals surface area (Å²) in [6, 6.07) is 2.87. The van der Waals surface area contributed by atoms with Crippen molar-refractivity contribution in [2.24, 2.45) is 5.73 Å². The van der Waals surface area contributed by atoms with Gasteiger partial charge in [-0.2, -0.15) is 5.26 Å². The number of nitrogens with zero attached hydrogens (tertiary/aromatic N) is 1. The molecule has 11 heavy (non-hydrogen) atoms. The van der Waals surface area contributed by atoms with E-state index in [1.54, 1.807) is 0 Å². The molecule has 0 aromatic carbocycles. The van der Waals surface area contributed by atoms with Crippen molar-refractivity contribution in [1.82, 2.24) is 0 Å². The first-order valence-corrected chi connectivity index (χ1v) is 3.14. The first-order valence-electron chi connectivity index (χ1n) is 3.14. The molecule has 1 atom stereocenters. The van der Waals surface area contributed by atoms with Crippen LogP contribution in [-0.4, -0.2) is 5.11 Å². The molecular weight excluding hydrogens is 144 g/mol. The molecule has 0 fully saturated rings. The second-order valence-electron chi connectivity index (χ2n) is 2.18. The van der Waals surface area contributed by atoms with E-state index in [2.05, 4.69) is 0 Å². The monoisotopic (exact) mass is 152 g/mol. The van der Waals surface area contributed by atoms with E-state index in [0.29, 0.717) is 5.76 Å². The Morgan fingerprint density at radius 1 is 1.82 bits per heavy atom. The number of aromatic hydroxyl groups is 1. The molecule has 1 rings (SSSR count). The molecule has 0 aliphatic heterocycles. The molecule has 0 aliphatic rings. The Hall–Kier alpha value is -1.47. The fourth-order valence-electron chi connectivity index (χ4n) is 0.736. The lowest BCUT2D eigenvalue weighted by atomic mass is 10.2. The summed E-state index contributed by atoms with van der Waals surface area (Å²) in [5.41, 5.74) is 5.49. The van der Waals surface area contributed by atoms with Crippen LogP contribution in [0.15, 0.2) is 16.7 Å². The highest BCUT2D eigenvalue weighted by atomic mass is 16.4. The zero-order valence-electron chi connectivity index (χ0n) is 5.82. The molecule has 0 spiro atoms. The summed E-state index contributed by atoms with van der Waals surface area (Å²) < 4.78 is 4.85. The van der Waals surface area contributed by atoms with Crippen molar-refractivity contribution < 1.29 is 9.52 Å². The van der Waals surface area contributed by atoms with E-state index in [0.717, 1.165) is 0 Å². The van der Waals surface area contributed by atoms with Crippen molar-refractivity contribution in [2.45, 2.75) is 12.5 Å². The normalized spacial score (nSPS) is 12.4. The van der Waals surface area contributed by atoms with Gasteiger partial charge in [-0.05, 0) is 0 Å². The van der Waals surface area contributed by atoms with Crippen molar-refractivity contribution >= 4 is 0 Å². The van der Waals surface area contributed by atoms with Crippen LogP contribution in [0.2, 0.25) is 0 Å². The smallest absolute Gasteiger partial charge is 0.154 e. The predicted molar refractivity (Wildman–Crippen MR) is 37.5 cm³/mol. The van der Waals surface area contributed by atoms with Crippen LogP contribution < -0.4 is 5.73 Å². The maximum Gasteiger partial charge on any atom is 0.154 e. The van der Waals surface area contributed by atoms with Crippen LogP contribution in [0.3, 0.4) is 0 Å². The van der Waals surface area contributed by atoms with Crippen LogP contribution in [0.4, 0.5) is 0 Å². The quantitative estimate of drug-likeness (QED) is 0.659. The minimum atomic E-state index is -0.444. The third kappa shape index (κ3) is 1.72. The van der Waals surface area contributed by atoms with Crippen LogP contribution in [0.25, 0.3) is 0 Å². The predicted octanol–water partition coefficient (Wildman–Crippen LogP) is 0.899. The standard InChI is InChI=1S/C7H8N2O2/c8-2-1-6(9)7-3-5(10)4-11-7/h3-4,6,10H,1,9H2/t6-/m1/s1. The molecule has 0 aliphatic carbocycles. The summed E-state index contributed by atoms with van der Waals surface area (Å²) in [5, 5.41) is 17.1. The molecule has 3 N–H and O–H groups in total. The molecule has 0 bridgehead atoms. The van der Waals surface area contributed by atoms with Crippen molar-refractivity contribution in [3.05, 3.63) is 18.1 Å². The molecule has 1 aromatic rings. The van der Waals surface area contributed by atoms with E-state index < -0.39 is 6.04 Å². The Bertz CT molecular complexity index is 274. The highest BCUT2D eigenvalue weighted by Gasteiger charge is 2.09. The van der Waals surface area contributed by atoms with E-state index in [4.69, 9.17) is 20.5 Å². The molecule has 1 aromatic heterocycles. The van der Waals surface area contributed by atoms with Crippen molar-refractivity contribution in [3.63, 3.8) is 0 Å². The van der Waals surface area contributed by atoms with Crippen molar-refractivity contribution in [1.29, 1.82) is 5.26 Å². The van der Waals surface area contributed by atoms with E-state index in [1.807, 2.05) is 6.07 Å². The van der Waals surface area contributed by atoms with Gasteiger partial charge in [0.2, 0.25) is 0 Å². The zero-order valence-corrected chi connectivity index (χ0v) is 5.82. The number of nitrogens with two attached hydrogens (primary N) is 1. The second-order valence-corrected chi connectivity index (χ2v) is 2.18. The molecule has 0 saturated carbocycles. The number of nitriles is 1. The van der Waals surface area contributed by atoms with Gasteiger partial charge in [0, 0.05) is 6.07 Å². The lowest BCUT2D eigenvalue weighted by Crippen LogP contribution is -2.07. The summed E-state index contributed by atoms with van der Waals surface area (Å²) in [5.74, 6) is 0.470. The van der Waals surface area contributed by atoms with E-state index in [-0.39, 0.29) is 12.2 Å². The number of hydrogen-bond donors (Lipinski definition) is 2. The number of hydrogen-bond acceptors (Lipinski definition) is 4. The van der Waals surface area contributed by atoms with E-state index in [1.165, 1.54) is 12.3 Å². The van der Waals surface area contributed by atoms with Gasteiger partial charge in [0.1, 0.15) is 12.0 Å². The van der Waals surface area contributed by atoms with Crippen LogP contribution in [0.5, 0.6) is 5.75 Å². The minimum Gasteiger partial charge on any atom is -0.505 e. The van der Waals surface area contributed by atoms with Gasteiger partial charge in [-0.1, -0.05) is 0 Å². The third-order valence-corrected chi connectivity index (χ3v) is 1.28. The SMILES string of the molecule is N#CC[C@@H](N)c1cc(O)co1. The van der Waals surface area contributed by atoms with Crippen LogP contribution >= 0.6 is 0 Å². The topological polar surface area (TPSA) is 83.2 Å². The van der Waals surface area contributed by atoms with Gasteiger partial charge in [0.15, 0.2) is 5.75 Å². The Morgan fingerprint density at radius 2 is 2.55 bits per heavy atom. The summed E-state index contributed by atoms with van der Waals surface area (Å²) in [6.07, 6.45) is 1.37. The molecule has 4 nitrogen and oxygen atoms in total. The average molecular weight is 152 g/mol. The first-order chi connectivity index (χ1) is 5.24. The molecule has 1 heterocycles. The van der Waals surface area contributed by atoms with Gasteiger partial charge < -0.3 is 15.3 Å². The lowest BCUT2D eigenvalue weighted by molar-refractivity contribution is 0.441. The van der Waals surface area contributed by atoms with Gasteiger partial charge in [0.25, 0.3) is 0 Å². The number of furan rings is 1. The molecular formula is C7H8N2O2. The molecule has 0 saturated heterocycles. The van der Waals surface area contributed by atoms with Crippen molar-refractivity contribution in [2.75, 3.05) is 0 Å². The molecule has 0 radical (unpaired) electrons. The second kappa shape index (κ2) is 3.08. The molecule has 4 heteroatoms. The third-order valence-electron chi connectivity index (χ3n) is 1.28. The Balaban J connectivity index is 2.70. The molecule has 58 valence electrons. The van der Waals surface area contributed by atoms with Gasteiger partial charge in [-0.3, -0.25) is 0 Å². The largest absolute Gasteiger partial charge is 0.505 e. The maximum atomic E-state index is 8.84. The Morgan fingerprint density at radius 3 is 3.00 bits per heavy atom. The molecule has 0 amide bonds. The Kier molecular flexibility index (Phi) is 2.14. The summed E-state index contributed by atoms with van der Waals surface area (Å²) in [6.45, 7) is 0. The number of rotatable bonds is 2. The highest BCUT2D eigenvalue weighted by molar-refractivity contribution is 5.19. The van der Waals surface area contributed by atoms with Gasteiger partial charge in [-0.15, -0.1) is 0 Å². The highest BCUT2D eigenvalue weighted by Crippen LogP contribution is 2.20. The summed E-state index contributed by atoms with van der Waals surface area (Å²) in [7, 11) is 0. The average Bonchev–Trinajstić information content (AvgIpc) is 2.36. The Labute approximate surface area is 63.8 Å². The van der Waals surface area contributed by atoms with Gasteiger partial charge in [0.05, 0.1) is 18.5 Å². The minimum absolute atomic E-state index is 0.0355. The molecule has 0 unspecified atom stereocenters. The lowest BCUT2D eigenvalue weighted by Gasteiger charge is -1.99.